The average Bonchev–Trinajstić information content (AvgIpc) is 2.99. The molecule has 0 bridgehead atoms. The molecule has 1 N–H and O–H groups in total. The van der Waals surface area contributed by atoms with E-state index in [0.29, 0.717) is 6.42 Å². The average molecular weight is 327 g/mol. The molecule has 0 atom stereocenters. The third-order valence-electron chi connectivity index (χ3n) is 3.58. The van der Waals surface area contributed by atoms with Gasteiger partial charge in [-0.15, -0.1) is 11.8 Å². The molecule has 0 radical (unpaired) electrons. The molecular formula is C16H23ClN2OS. The molecule has 116 valence electrons. The molecular weight excluding hydrogens is 304 g/mol. The third kappa shape index (κ3) is 6.72. The number of hydrogen-bond acceptors (Lipinski definition) is 3. The molecule has 1 aromatic rings. The molecule has 1 aliphatic heterocycles. The smallest absolute Gasteiger partial charge is 0.220 e. The van der Waals surface area contributed by atoms with Crippen molar-refractivity contribution in [3.8, 4) is 0 Å². The second kappa shape index (κ2) is 9.34. The summed E-state index contributed by atoms with van der Waals surface area (Å²) >= 11 is 7.53. The topological polar surface area (TPSA) is 32.3 Å². The van der Waals surface area contributed by atoms with Crippen LogP contribution in [-0.4, -0.2) is 42.7 Å². The van der Waals surface area contributed by atoms with Gasteiger partial charge in [0.15, 0.2) is 0 Å². The molecule has 0 spiro atoms. The Morgan fingerprint density at radius 1 is 1.24 bits per heavy atom. The first kappa shape index (κ1) is 16.7. The number of rotatable bonds is 8. The van der Waals surface area contributed by atoms with Crippen LogP contribution < -0.4 is 5.32 Å². The van der Waals surface area contributed by atoms with E-state index in [2.05, 4.69) is 10.2 Å². The second-order valence-corrected chi connectivity index (χ2v) is 6.91. The molecule has 2 rings (SSSR count). The lowest BCUT2D eigenvalue weighted by atomic mass is 10.3. The molecule has 1 heterocycles. The number of likely N-dealkylation sites (tertiary alicyclic amines) is 1. The first-order chi connectivity index (χ1) is 10.2. The highest BCUT2D eigenvalue weighted by Gasteiger charge is 2.10. The van der Waals surface area contributed by atoms with Crippen LogP contribution in [0.2, 0.25) is 5.02 Å². The Balaban J connectivity index is 1.50. The fourth-order valence-corrected chi connectivity index (χ4v) is 3.40. The molecule has 1 aromatic carbocycles. The predicted octanol–water partition coefficient (Wildman–Crippen LogP) is 3.42. The molecule has 5 heteroatoms. The number of amides is 1. The minimum atomic E-state index is 0.151. The summed E-state index contributed by atoms with van der Waals surface area (Å²) < 4.78 is 0. The van der Waals surface area contributed by atoms with Crippen molar-refractivity contribution in [2.45, 2.75) is 30.6 Å². The summed E-state index contributed by atoms with van der Waals surface area (Å²) in [4.78, 5) is 15.4. The lowest BCUT2D eigenvalue weighted by Gasteiger charge is -2.14. The molecule has 1 fully saturated rings. The van der Waals surface area contributed by atoms with Crippen molar-refractivity contribution in [2.24, 2.45) is 0 Å². The number of carbonyl (C=O) groups excluding carboxylic acids is 1. The number of nitrogens with one attached hydrogen (secondary N) is 1. The van der Waals surface area contributed by atoms with E-state index in [0.717, 1.165) is 35.2 Å². The zero-order valence-electron chi connectivity index (χ0n) is 12.3. The number of halogens is 1. The summed E-state index contributed by atoms with van der Waals surface area (Å²) in [6, 6.07) is 7.73. The Morgan fingerprint density at radius 2 is 1.95 bits per heavy atom. The van der Waals surface area contributed by atoms with Gasteiger partial charge < -0.3 is 10.2 Å². The summed E-state index contributed by atoms with van der Waals surface area (Å²) in [5.41, 5.74) is 0. The normalized spacial score (nSPS) is 15.3. The van der Waals surface area contributed by atoms with E-state index in [9.17, 15) is 4.79 Å². The molecule has 0 saturated carbocycles. The van der Waals surface area contributed by atoms with Crippen LogP contribution in [0.5, 0.6) is 0 Å². The van der Waals surface area contributed by atoms with Crippen LogP contribution in [0, 0.1) is 0 Å². The van der Waals surface area contributed by atoms with E-state index >= 15 is 0 Å². The summed E-state index contributed by atoms with van der Waals surface area (Å²) in [5.74, 6) is 0.956. The monoisotopic (exact) mass is 326 g/mol. The maximum atomic E-state index is 11.7. The number of hydrogen-bond donors (Lipinski definition) is 1. The fourth-order valence-electron chi connectivity index (χ4n) is 2.42. The van der Waals surface area contributed by atoms with E-state index in [-0.39, 0.29) is 5.91 Å². The van der Waals surface area contributed by atoms with E-state index < -0.39 is 0 Å². The Bertz CT molecular complexity index is 432. The van der Waals surface area contributed by atoms with Gasteiger partial charge in [0.2, 0.25) is 5.91 Å². The molecule has 1 amide bonds. The molecule has 1 aliphatic rings. The van der Waals surface area contributed by atoms with Gasteiger partial charge >= 0.3 is 0 Å². The van der Waals surface area contributed by atoms with Crippen molar-refractivity contribution in [1.29, 1.82) is 0 Å². The van der Waals surface area contributed by atoms with Gasteiger partial charge in [0, 0.05) is 28.6 Å². The van der Waals surface area contributed by atoms with Gasteiger partial charge in [-0.25, -0.2) is 0 Å². The van der Waals surface area contributed by atoms with E-state index in [1.807, 2.05) is 24.3 Å². The van der Waals surface area contributed by atoms with Crippen LogP contribution >= 0.6 is 23.4 Å². The van der Waals surface area contributed by atoms with E-state index in [4.69, 9.17) is 11.6 Å². The highest BCUT2D eigenvalue weighted by molar-refractivity contribution is 7.99. The Labute approximate surface area is 136 Å². The van der Waals surface area contributed by atoms with Crippen molar-refractivity contribution in [3.63, 3.8) is 0 Å². The lowest BCUT2D eigenvalue weighted by Crippen LogP contribution is -2.28. The Hall–Kier alpha value is -0.710. The van der Waals surface area contributed by atoms with Crippen LogP contribution in [0.15, 0.2) is 29.2 Å². The number of nitrogens with zero attached hydrogens (tertiary/aromatic N) is 1. The van der Waals surface area contributed by atoms with Crippen molar-refractivity contribution < 1.29 is 4.79 Å². The van der Waals surface area contributed by atoms with Gasteiger partial charge in [0.1, 0.15) is 0 Å². The number of thioether (sulfide) groups is 1. The van der Waals surface area contributed by atoms with E-state index in [1.165, 1.54) is 25.9 Å². The summed E-state index contributed by atoms with van der Waals surface area (Å²) in [6.07, 6.45) is 4.27. The maximum absolute atomic E-state index is 11.7. The molecule has 0 aliphatic carbocycles. The summed E-state index contributed by atoms with van der Waals surface area (Å²) in [7, 11) is 0. The van der Waals surface area contributed by atoms with Gasteiger partial charge in [-0.1, -0.05) is 11.6 Å². The fraction of sp³-hybridized carbons (Fsp3) is 0.562. The molecule has 1 saturated heterocycles. The van der Waals surface area contributed by atoms with Crippen LogP contribution in [0.1, 0.15) is 25.7 Å². The number of benzene rings is 1. The van der Waals surface area contributed by atoms with Gasteiger partial charge in [-0.2, -0.15) is 0 Å². The maximum Gasteiger partial charge on any atom is 0.220 e. The highest BCUT2D eigenvalue weighted by atomic mass is 35.5. The quantitative estimate of drug-likeness (QED) is 0.587. The molecule has 0 aromatic heterocycles. The third-order valence-corrected chi connectivity index (χ3v) is 4.85. The summed E-state index contributed by atoms with van der Waals surface area (Å²) in [5, 5.41) is 3.75. The van der Waals surface area contributed by atoms with Crippen LogP contribution in [-0.2, 0) is 4.79 Å². The van der Waals surface area contributed by atoms with Gasteiger partial charge in [-0.05, 0) is 63.2 Å². The van der Waals surface area contributed by atoms with Gasteiger partial charge in [0.05, 0.1) is 0 Å². The van der Waals surface area contributed by atoms with Crippen molar-refractivity contribution in [2.75, 3.05) is 31.9 Å². The van der Waals surface area contributed by atoms with Crippen LogP contribution in [0.3, 0.4) is 0 Å². The molecule has 0 unspecified atom stereocenters. The van der Waals surface area contributed by atoms with Crippen molar-refractivity contribution >= 4 is 29.3 Å². The van der Waals surface area contributed by atoms with Gasteiger partial charge in [0.25, 0.3) is 0 Å². The minimum absolute atomic E-state index is 0.151. The SMILES string of the molecule is O=C(CCSc1ccc(Cl)cc1)NCCCN1CCCC1. The summed E-state index contributed by atoms with van der Waals surface area (Å²) in [6.45, 7) is 4.36. The zero-order chi connectivity index (χ0) is 14.9. The van der Waals surface area contributed by atoms with E-state index in [1.54, 1.807) is 11.8 Å². The minimum Gasteiger partial charge on any atom is -0.356 e. The standard InChI is InChI=1S/C16H23ClN2OS/c17-14-4-6-15(7-5-14)21-13-8-16(20)18-9-3-12-19-10-1-2-11-19/h4-7H,1-3,8-13H2,(H,18,20). The number of carbonyl (C=O) groups is 1. The first-order valence-electron chi connectivity index (χ1n) is 7.61. The zero-order valence-corrected chi connectivity index (χ0v) is 13.9. The van der Waals surface area contributed by atoms with Crippen LogP contribution in [0.25, 0.3) is 0 Å². The van der Waals surface area contributed by atoms with Gasteiger partial charge in [-0.3, -0.25) is 4.79 Å². The highest BCUT2D eigenvalue weighted by Crippen LogP contribution is 2.20. The molecule has 3 nitrogen and oxygen atoms in total. The second-order valence-electron chi connectivity index (χ2n) is 5.30. The molecule has 21 heavy (non-hydrogen) atoms. The Morgan fingerprint density at radius 3 is 2.67 bits per heavy atom. The van der Waals surface area contributed by atoms with Crippen LogP contribution in [0.4, 0.5) is 0 Å². The predicted molar refractivity (Wildman–Crippen MR) is 90.1 cm³/mol. The Kier molecular flexibility index (Phi) is 7.41. The lowest BCUT2D eigenvalue weighted by molar-refractivity contribution is -0.120. The van der Waals surface area contributed by atoms with Crippen molar-refractivity contribution in [3.05, 3.63) is 29.3 Å². The largest absolute Gasteiger partial charge is 0.356 e. The first-order valence-corrected chi connectivity index (χ1v) is 8.98. The van der Waals surface area contributed by atoms with Crippen molar-refractivity contribution in [1.82, 2.24) is 10.2 Å².